The molecule has 2 aliphatic rings. The predicted molar refractivity (Wildman–Crippen MR) is 90.9 cm³/mol. The number of thiazole rings is 1. The molecule has 26 heavy (non-hydrogen) atoms. The minimum atomic E-state index is -3.10. The molecule has 7 nitrogen and oxygen atoms in total. The Bertz CT molecular complexity index is 719. The number of rotatable bonds is 2. The molecule has 144 valence electrons. The number of anilines is 1. The van der Waals surface area contributed by atoms with Gasteiger partial charge in [0.05, 0.1) is 19.7 Å². The van der Waals surface area contributed by atoms with E-state index in [-0.39, 0.29) is 5.69 Å². The van der Waals surface area contributed by atoms with E-state index >= 15 is 0 Å². The zero-order chi connectivity index (χ0) is 19.3. The summed E-state index contributed by atoms with van der Waals surface area (Å²) < 4.78 is 39.3. The molecule has 2 atom stereocenters. The number of methoxy groups -OCH3 is 1. The van der Waals surface area contributed by atoms with Crippen molar-refractivity contribution in [1.29, 1.82) is 0 Å². The van der Waals surface area contributed by atoms with Gasteiger partial charge < -0.3 is 14.4 Å². The van der Waals surface area contributed by atoms with Crippen molar-refractivity contribution in [3.8, 4) is 0 Å². The van der Waals surface area contributed by atoms with Crippen LogP contribution in [0, 0.1) is 0 Å². The molecule has 0 saturated carbocycles. The van der Waals surface area contributed by atoms with Gasteiger partial charge in [-0.15, -0.1) is 11.3 Å². The van der Waals surface area contributed by atoms with E-state index in [4.69, 9.17) is 4.74 Å². The predicted octanol–water partition coefficient (Wildman–Crippen LogP) is 2.76. The minimum Gasteiger partial charge on any atom is -0.464 e. The fourth-order valence-corrected chi connectivity index (χ4v) is 4.24. The molecule has 10 heteroatoms. The third-order valence-corrected chi connectivity index (χ3v) is 5.22. The van der Waals surface area contributed by atoms with Crippen LogP contribution in [0.1, 0.15) is 37.7 Å². The van der Waals surface area contributed by atoms with E-state index in [1.165, 1.54) is 17.4 Å². The van der Waals surface area contributed by atoms with Crippen LogP contribution >= 0.6 is 11.3 Å². The van der Waals surface area contributed by atoms with E-state index in [0.717, 1.165) is 16.2 Å². The lowest BCUT2D eigenvalue weighted by molar-refractivity contribution is -0.0109. The highest BCUT2D eigenvalue weighted by Crippen LogP contribution is 2.44. The Labute approximate surface area is 153 Å². The number of esters is 1. The third-order valence-electron chi connectivity index (χ3n) is 4.34. The molecule has 2 unspecified atom stereocenters. The second kappa shape index (κ2) is 6.33. The van der Waals surface area contributed by atoms with Crippen molar-refractivity contribution in [3.63, 3.8) is 0 Å². The molecule has 0 bridgehead atoms. The van der Waals surface area contributed by atoms with Gasteiger partial charge in [-0.1, -0.05) is 0 Å². The number of halogens is 2. The van der Waals surface area contributed by atoms with E-state index in [9.17, 15) is 18.4 Å². The molecule has 0 N–H and O–H groups in total. The van der Waals surface area contributed by atoms with Gasteiger partial charge in [0.25, 0.3) is 5.92 Å². The average Bonchev–Trinajstić information content (AvgIpc) is 3.20. The van der Waals surface area contributed by atoms with Gasteiger partial charge in [0.15, 0.2) is 10.8 Å². The van der Waals surface area contributed by atoms with Gasteiger partial charge in [-0.25, -0.2) is 23.4 Å². The third kappa shape index (κ3) is 3.34. The van der Waals surface area contributed by atoms with Crippen molar-refractivity contribution in [1.82, 2.24) is 9.88 Å². The lowest BCUT2D eigenvalue weighted by atomic mass is 10.1. The highest BCUT2D eigenvalue weighted by atomic mass is 32.1. The fourth-order valence-electron chi connectivity index (χ4n) is 3.38. The highest BCUT2D eigenvalue weighted by Gasteiger charge is 2.62. The van der Waals surface area contributed by atoms with Crippen molar-refractivity contribution in [2.24, 2.45) is 0 Å². The van der Waals surface area contributed by atoms with Crippen LogP contribution in [0.3, 0.4) is 0 Å². The quantitative estimate of drug-likeness (QED) is 0.725. The van der Waals surface area contributed by atoms with Crippen LogP contribution in [0.2, 0.25) is 0 Å². The van der Waals surface area contributed by atoms with E-state index in [1.54, 1.807) is 20.8 Å². The smallest absolute Gasteiger partial charge is 0.410 e. The van der Waals surface area contributed by atoms with Gasteiger partial charge in [-0.2, -0.15) is 0 Å². The summed E-state index contributed by atoms with van der Waals surface area (Å²) in [5.41, 5.74) is -0.672. The molecule has 2 fully saturated rings. The summed E-state index contributed by atoms with van der Waals surface area (Å²) in [5.74, 6) is -3.72. The Kier molecular flexibility index (Phi) is 4.58. The molecule has 1 aromatic heterocycles. The Morgan fingerprint density at radius 3 is 2.69 bits per heavy atom. The molecule has 2 aliphatic heterocycles. The maximum Gasteiger partial charge on any atom is 0.410 e. The number of nitrogens with zero attached hydrogens (tertiary/aromatic N) is 3. The van der Waals surface area contributed by atoms with Crippen LogP contribution in [-0.2, 0) is 9.47 Å². The topological polar surface area (TPSA) is 72.0 Å². The number of carbonyl (C=O) groups excluding carboxylic acids is 2. The summed E-state index contributed by atoms with van der Waals surface area (Å²) in [6.45, 7) is 4.71. The van der Waals surface area contributed by atoms with E-state index < -0.39 is 42.2 Å². The first-order valence-electron chi connectivity index (χ1n) is 8.21. The molecule has 3 heterocycles. The Morgan fingerprint density at radius 1 is 1.38 bits per heavy atom. The molecule has 0 aliphatic carbocycles. The maximum atomic E-state index is 14.7. The van der Waals surface area contributed by atoms with E-state index in [0.29, 0.717) is 18.1 Å². The molecule has 1 aromatic rings. The van der Waals surface area contributed by atoms with Gasteiger partial charge in [-0.05, 0) is 27.2 Å². The van der Waals surface area contributed by atoms with Crippen molar-refractivity contribution < 1.29 is 27.8 Å². The Morgan fingerprint density at radius 2 is 2.08 bits per heavy atom. The van der Waals surface area contributed by atoms with Crippen molar-refractivity contribution in [2.45, 2.75) is 50.8 Å². The molecule has 2 saturated heterocycles. The van der Waals surface area contributed by atoms with E-state index in [2.05, 4.69) is 9.72 Å². The summed E-state index contributed by atoms with van der Waals surface area (Å²) >= 11 is 1.11. The lowest BCUT2D eigenvalue weighted by Crippen LogP contribution is -2.45. The normalized spacial score (nSPS) is 24.5. The Balaban J connectivity index is 1.83. The second-order valence-electron chi connectivity index (χ2n) is 7.37. The van der Waals surface area contributed by atoms with Crippen LogP contribution in [0.4, 0.5) is 18.7 Å². The number of amides is 1. The maximum absolute atomic E-state index is 14.7. The summed E-state index contributed by atoms with van der Waals surface area (Å²) in [6.07, 6.45) is -0.354. The number of alkyl halides is 2. The molecular weight excluding hydrogens is 368 g/mol. The SMILES string of the molecule is COC(=O)c1csc(N2CCC3C2C(F)(F)CN3C(=O)OC(C)(C)C)n1. The van der Waals surface area contributed by atoms with Crippen LogP contribution < -0.4 is 4.90 Å². The van der Waals surface area contributed by atoms with Crippen molar-refractivity contribution in [3.05, 3.63) is 11.1 Å². The van der Waals surface area contributed by atoms with Crippen LogP contribution in [0.25, 0.3) is 0 Å². The Hall–Kier alpha value is -1.97. The summed E-state index contributed by atoms with van der Waals surface area (Å²) in [6, 6.07) is -1.85. The number of fused-ring (bicyclic) bond motifs is 1. The number of hydrogen-bond donors (Lipinski definition) is 0. The van der Waals surface area contributed by atoms with Crippen LogP contribution in [0.15, 0.2) is 5.38 Å². The molecular formula is C16H21F2N3O4S. The first-order valence-corrected chi connectivity index (χ1v) is 9.09. The first-order chi connectivity index (χ1) is 12.0. The van der Waals surface area contributed by atoms with Gasteiger partial charge >= 0.3 is 12.1 Å². The summed E-state index contributed by atoms with van der Waals surface area (Å²) in [5, 5.41) is 1.80. The fraction of sp³-hybridized carbons (Fsp3) is 0.688. The number of carbonyl (C=O) groups is 2. The summed E-state index contributed by atoms with van der Waals surface area (Å²) in [4.78, 5) is 30.6. The average molecular weight is 389 g/mol. The number of likely N-dealkylation sites (tertiary alicyclic amines) is 1. The number of aromatic nitrogens is 1. The van der Waals surface area contributed by atoms with Gasteiger partial charge in [-0.3, -0.25) is 4.90 Å². The lowest BCUT2D eigenvalue weighted by Gasteiger charge is -2.28. The number of hydrogen-bond acceptors (Lipinski definition) is 7. The van der Waals surface area contributed by atoms with Gasteiger partial charge in [0, 0.05) is 11.9 Å². The van der Waals surface area contributed by atoms with Gasteiger partial charge in [0.1, 0.15) is 11.6 Å². The molecule has 0 aromatic carbocycles. The second-order valence-corrected chi connectivity index (χ2v) is 8.21. The zero-order valence-corrected chi connectivity index (χ0v) is 15.8. The van der Waals surface area contributed by atoms with Crippen molar-refractivity contribution in [2.75, 3.05) is 25.1 Å². The monoisotopic (exact) mass is 389 g/mol. The van der Waals surface area contributed by atoms with Crippen molar-refractivity contribution >= 4 is 28.5 Å². The zero-order valence-electron chi connectivity index (χ0n) is 15.0. The molecule has 0 radical (unpaired) electrons. The van der Waals surface area contributed by atoms with E-state index in [1.807, 2.05) is 0 Å². The molecule has 1 amide bonds. The molecule has 3 rings (SSSR count). The molecule has 0 spiro atoms. The number of ether oxygens (including phenoxy) is 2. The van der Waals surface area contributed by atoms with Crippen LogP contribution in [0.5, 0.6) is 0 Å². The highest BCUT2D eigenvalue weighted by molar-refractivity contribution is 7.13. The largest absolute Gasteiger partial charge is 0.464 e. The first kappa shape index (κ1) is 18.8. The van der Waals surface area contributed by atoms with Gasteiger partial charge in [0.2, 0.25) is 0 Å². The standard InChI is InChI=1S/C16H21F2N3O4S/c1-15(2,3)25-14(23)21-8-16(17,18)11-10(21)5-6-20(11)13-19-9(7-26-13)12(22)24-4/h7,10-11H,5-6,8H2,1-4H3. The minimum absolute atomic E-state index is 0.0845. The summed E-state index contributed by atoms with van der Waals surface area (Å²) in [7, 11) is 1.23. The van der Waals surface area contributed by atoms with Crippen LogP contribution in [-0.4, -0.2) is 65.8 Å².